The van der Waals surface area contributed by atoms with E-state index in [2.05, 4.69) is 12.2 Å². The fourth-order valence-electron chi connectivity index (χ4n) is 0.757. The van der Waals surface area contributed by atoms with Crippen molar-refractivity contribution in [3.8, 4) is 0 Å². The van der Waals surface area contributed by atoms with Gasteiger partial charge in [-0.1, -0.05) is 0 Å². The second kappa shape index (κ2) is 1.61. The van der Waals surface area contributed by atoms with Crippen molar-refractivity contribution in [1.29, 1.82) is 0 Å². The zero-order valence-electron chi connectivity index (χ0n) is 3.91. The van der Waals surface area contributed by atoms with Gasteiger partial charge >= 0.3 is 0 Å². The molecule has 1 aliphatic rings. The van der Waals surface area contributed by atoms with E-state index in [1.54, 1.807) is 0 Å². The lowest BCUT2D eigenvalue weighted by atomic mass is 10.3. The van der Waals surface area contributed by atoms with Gasteiger partial charge in [0.05, 0.1) is 0 Å². The number of rotatable bonds is 0. The third kappa shape index (κ3) is 0.716. The second-order valence-corrected chi connectivity index (χ2v) is 1.79. The first-order valence-electron chi connectivity index (χ1n) is 2.46. The van der Waals surface area contributed by atoms with Gasteiger partial charge in [-0.05, 0) is 26.3 Å². The van der Waals surface area contributed by atoms with Crippen molar-refractivity contribution in [1.82, 2.24) is 5.32 Å². The molecule has 1 N–H and O–H groups in total. The van der Waals surface area contributed by atoms with E-state index in [1.807, 2.05) is 0 Å². The quantitative estimate of drug-likeness (QED) is 0.452. The van der Waals surface area contributed by atoms with Crippen LogP contribution in [0.15, 0.2) is 0 Å². The van der Waals surface area contributed by atoms with E-state index in [4.69, 9.17) is 0 Å². The maximum Gasteiger partial charge on any atom is 0.00681 e. The van der Waals surface area contributed by atoms with Crippen molar-refractivity contribution in [3.63, 3.8) is 0 Å². The highest BCUT2D eigenvalue weighted by Crippen LogP contribution is 2.00. The summed E-state index contributed by atoms with van der Waals surface area (Å²) in [7, 11) is 0. The summed E-state index contributed by atoms with van der Waals surface area (Å²) >= 11 is 0. The van der Waals surface area contributed by atoms with Gasteiger partial charge in [0.2, 0.25) is 0 Å². The molecule has 1 fully saturated rings. The van der Waals surface area contributed by atoms with E-state index in [0.29, 0.717) is 6.04 Å². The third-order valence-corrected chi connectivity index (χ3v) is 1.16. The van der Waals surface area contributed by atoms with Gasteiger partial charge in [-0.15, -0.1) is 0 Å². The highest BCUT2D eigenvalue weighted by atomic mass is 14.9. The SMILES string of the molecule is [CH2][C@H]1CCCN1. The lowest BCUT2D eigenvalue weighted by Crippen LogP contribution is -2.16. The molecule has 1 radical (unpaired) electrons. The van der Waals surface area contributed by atoms with Crippen LogP contribution in [0, 0.1) is 6.92 Å². The van der Waals surface area contributed by atoms with Crippen LogP contribution >= 0.6 is 0 Å². The Morgan fingerprint density at radius 2 is 2.50 bits per heavy atom. The first-order valence-corrected chi connectivity index (χ1v) is 2.46. The van der Waals surface area contributed by atoms with Crippen molar-refractivity contribution in [2.75, 3.05) is 6.54 Å². The smallest absolute Gasteiger partial charge is 0.00681 e. The van der Waals surface area contributed by atoms with Crippen LogP contribution in [0.3, 0.4) is 0 Å². The van der Waals surface area contributed by atoms with E-state index in [1.165, 1.54) is 19.4 Å². The summed E-state index contributed by atoms with van der Waals surface area (Å²) in [5.74, 6) is 0. The molecule has 0 aromatic rings. The number of nitrogens with one attached hydrogen (secondary N) is 1. The Bertz CT molecular complexity index is 37.2. The summed E-state index contributed by atoms with van der Waals surface area (Å²) in [6, 6.07) is 0.546. The van der Waals surface area contributed by atoms with Crippen molar-refractivity contribution < 1.29 is 0 Å². The molecule has 1 heterocycles. The van der Waals surface area contributed by atoms with E-state index >= 15 is 0 Å². The standard InChI is InChI=1S/C5H10N/c1-5-3-2-4-6-5/h5-6H,1-4H2/t5-/m0/s1. The fraction of sp³-hybridized carbons (Fsp3) is 0.800. The average molecular weight is 84.1 g/mol. The zero-order chi connectivity index (χ0) is 4.41. The summed E-state index contributed by atoms with van der Waals surface area (Å²) in [5.41, 5.74) is 0. The van der Waals surface area contributed by atoms with Crippen LogP contribution in [-0.2, 0) is 0 Å². The molecule has 1 heteroatoms. The second-order valence-electron chi connectivity index (χ2n) is 1.79. The van der Waals surface area contributed by atoms with Crippen LogP contribution in [0.5, 0.6) is 0 Å². The number of hydrogen-bond donors (Lipinski definition) is 1. The van der Waals surface area contributed by atoms with Gasteiger partial charge < -0.3 is 5.32 Å². The fourth-order valence-corrected chi connectivity index (χ4v) is 0.757. The predicted octanol–water partition coefficient (Wildman–Crippen LogP) is 0.572. The molecular weight excluding hydrogens is 74.1 g/mol. The van der Waals surface area contributed by atoms with Crippen molar-refractivity contribution in [2.45, 2.75) is 18.9 Å². The summed E-state index contributed by atoms with van der Waals surface area (Å²) in [4.78, 5) is 0. The highest BCUT2D eigenvalue weighted by Gasteiger charge is 2.05. The van der Waals surface area contributed by atoms with Crippen molar-refractivity contribution >= 4 is 0 Å². The van der Waals surface area contributed by atoms with E-state index in [0.717, 1.165) is 0 Å². The zero-order valence-corrected chi connectivity index (χ0v) is 3.91. The summed E-state index contributed by atoms with van der Waals surface area (Å²) in [6.07, 6.45) is 2.58. The largest absolute Gasteiger partial charge is 0.314 e. The number of hydrogen-bond acceptors (Lipinski definition) is 1. The van der Waals surface area contributed by atoms with E-state index < -0.39 is 0 Å². The third-order valence-electron chi connectivity index (χ3n) is 1.16. The molecule has 1 aliphatic heterocycles. The first-order chi connectivity index (χ1) is 2.89. The van der Waals surface area contributed by atoms with Gasteiger partial charge in [0.15, 0.2) is 0 Å². The van der Waals surface area contributed by atoms with Crippen LogP contribution in [0.1, 0.15) is 12.8 Å². The Hall–Kier alpha value is -0.0400. The lowest BCUT2D eigenvalue weighted by Gasteiger charge is -1.94. The molecule has 1 nitrogen and oxygen atoms in total. The molecule has 35 valence electrons. The monoisotopic (exact) mass is 84.1 g/mol. The average Bonchev–Trinajstić information content (AvgIpc) is 1.86. The molecule has 0 aromatic carbocycles. The molecule has 0 unspecified atom stereocenters. The molecule has 1 atom stereocenters. The van der Waals surface area contributed by atoms with Gasteiger partial charge in [-0.2, -0.15) is 0 Å². The minimum absolute atomic E-state index is 0.546. The van der Waals surface area contributed by atoms with Crippen LogP contribution in [0.4, 0.5) is 0 Å². The molecule has 0 amide bonds. The van der Waals surface area contributed by atoms with Gasteiger partial charge in [-0.25, -0.2) is 0 Å². The molecule has 0 saturated carbocycles. The molecule has 6 heavy (non-hydrogen) atoms. The van der Waals surface area contributed by atoms with Crippen molar-refractivity contribution in [3.05, 3.63) is 6.92 Å². The summed E-state index contributed by atoms with van der Waals surface area (Å²) in [6.45, 7) is 5.00. The minimum atomic E-state index is 0.546. The Balaban J connectivity index is 2.18. The van der Waals surface area contributed by atoms with Gasteiger partial charge in [0, 0.05) is 6.04 Å². The van der Waals surface area contributed by atoms with Crippen LogP contribution in [-0.4, -0.2) is 12.6 Å². The van der Waals surface area contributed by atoms with E-state index in [-0.39, 0.29) is 0 Å². The Kier molecular flexibility index (Phi) is 1.10. The summed E-state index contributed by atoms with van der Waals surface area (Å²) < 4.78 is 0. The van der Waals surface area contributed by atoms with Gasteiger partial charge in [0.25, 0.3) is 0 Å². The lowest BCUT2D eigenvalue weighted by molar-refractivity contribution is 0.724. The van der Waals surface area contributed by atoms with E-state index in [9.17, 15) is 0 Å². The maximum absolute atomic E-state index is 3.83. The Morgan fingerprint density at radius 3 is 2.67 bits per heavy atom. The molecule has 0 spiro atoms. The van der Waals surface area contributed by atoms with Crippen molar-refractivity contribution in [2.24, 2.45) is 0 Å². The van der Waals surface area contributed by atoms with Crippen LogP contribution < -0.4 is 5.32 Å². The maximum atomic E-state index is 3.83. The highest BCUT2D eigenvalue weighted by molar-refractivity contribution is 4.74. The molecule has 0 bridgehead atoms. The minimum Gasteiger partial charge on any atom is -0.314 e. The molecule has 0 aromatic heterocycles. The molecular formula is C5H10N. The molecule has 0 aliphatic carbocycles. The van der Waals surface area contributed by atoms with Crippen LogP contribution in [0.2, 0.25) is 0 Å². The van der Waals surface area contributed by atoms with Gasteiger partial charge in [-0.3, -0.25) is 0 Å². The van der Waals surface area contributed by atoms with Crippen LogP contribution in [0.25, 0.3) is 0 Å². The normalized spacial score (nSPS) is 34.5. The predicted molar refractivity (Wildman–Crippen MR) is 26.4 cm³/mol. The Morgan fingerprint density at radius 1 is 1.67 bits per heavy atom. The first kappa shape index (κ1) is 4.13. The topological polar surface area (TPSA) is 12.0 Å². The summed E-state index contributed by atoms with van der Waals surface area (Å²) in [5, 5.41) is 3.21. The molecule has 1 saturated heterocycles. The molecule has 1 rings (SSSR count). The van der Waals surface area contributed by atoms with Gasteiger partial charge in [0.1, 0.15) is 0 Å². The Labute approximate surface area is 38.7 Å².